The molecule has 7 nitrogen and oxygen atoms in total. The molecule has 1 saturated heterocycles. The molecule has 0 spiro atoms. The minimum atomic E-state index is -5.23. The number of ether oxygens (including phenoxy) is 1. The van der Waals surface area contributed by atoms with Gasteiger partial charge in [-0.15, -0.1) is 24.0 Å². The fraction of sp³-hybridized carbons (Fsp3) is 0.917. The number of guanidine groups is 1. The third-order valence-corrected chi connectivity index (χ3v) is 5.22. The minimum Gasteiger partial charge on any atom is -0.383 e. The second kappa shape index (κ2) is 10.6. The fourth-order valence-corrected chi connectivity index (χ4v) is 3.22. The lowest BCUT2D eigenvalue weighted by atomic mass is 9.98. The number of nitrogens with one attached hydrogen (secondary N) is 2. The van der Waals surface area contributed by atoms with Gasteiger partial charge in [-0.1, -0.05) is 0 Å². The largest absolute Gasteiger partial charge is 0.511 e. The Morgan fingerprint density at radius 1 is 1.29 bits per heavy atom. The fourth-order valence-electron chi connectivity index (χ4n) is 2.23. The van der Waals surface area contributed by atoms with E-state index in [-0.39, 0.29) is 43.0 Å². The molecule has 0 atom stereocenters. The Labute approximate surface area is 157 Å². The molecule has 1 rings (SSSR count). The van der Waals surface area contributed by atoms with Gasteiger partial charge in [-0.25, -0.2) is 8.42 Å². The van der Waals surface area contributed by atoms with Crippen LogP contribution in [0.25, 0.3) is 0 Å². The average molecular weight is 488 g/mol. The summed E-state index contributed by atoms with van der Waals surface area (Å²) < 4.78 is 65.5. The third kappa shape index (κ3) is 6.88. The van der Waals surface area contributed by atoms with E-state index < -0.39 is 15.5 Å². The molecule has 0 amide bonds. The Balaban J connectivity index is 0.00000529. The first kappa shape index (κ1) is 23.7. The van der Waals surface area contributed by atoms with Gasteiger partial charge in [0.2, 0.25) is 0 Å². The molecule has 0 saturated carbocycles. The lowest BCUT2D eigenvalue weighted by Gasteiger charge is -2.31. The highest BCUT2D eigenvalue weighted by Gasteiger charge is 2.50. The monoisotopic (exact) mass is 488 g/mol. The minimum absolute atomic E-state index is 0. The van der Waals surface area contributed by atoms with Gasteiger partial charge in [-0.05, 0) is 18.8 Å². The molecule has 0 aromatic carbocycles. The number of halogens is 4. The van der Waals surface area contributed by atoms with Crippen molar-refractivity contribution in [3.8, 4) is 0 Å². The molecule has 144 valence electrons. The maximum Gasteiger partial charge on any atom is 0.511 e. The van der Waals surface area contributed by atoms with Gasteiger partial charge in [0, 0.05) is 40.3 Å². The van der Waals surface area contributed by atoms with Gasteiger partial charge in [-0.3, -0.25) is 4.99 Å². The van der Waals surface area contributed by atoms with Gasteiger partial charge in [0.05, 0.1) is 6.61 Å². The standard InChI is InChI=1S/C12H23F3N4O3S.HI/c1-16-11(17-5-8-22-2)18-9-10-3-6-19(7-4-10)23(20,21)12(13,14)15;/h10H,3-9H2,1-2H3,(H2,16,17,18);1H. The molecule has 24 heavy (non-hydrogen) atoms. The van der Waals surface area contributed by atoms with E-state index in [1.807, 2.05) is 0 Å². The normalized spacial score (nSPS) is 18.1. The van der Waals surface area contributed by atoms with Crippen LogP contribution in [0, 0.1) is 5.92 Å². The first-order valence-corrected chi connectivity index (χ1v) is 8.66. The first-order chi connectivity index (χ1) is 10.7. The Morgan fingerprint density at radius 2 is 1.88 bits per heavy atom. The van der Waals surface area contributed by atoms with Crippen LogP contribution in [0.4, 0.5) is 13.2 Å². The van der Waals surface area contributed by atoms with Crippen molar-refractivity contribution in [1.29, 1.82) is 0 Å². The molecule has 1 aliphatic rings. The third-order valence-electron chi connectivity index (χ3n) is 3.59. The van der Waals surface area contributed by atoms with E-state index in [9.17, 15) is 21.6 Å². The Morgan fingerprint density at radius 3 is 2.33 bits per heavy atom. The van der Waals surface area contributed by atoms with Crippen LogP contribution >= 0.6 is 24.0 Å². The lowest BCUT2D eigenvalue weighted by Crippen LogP contribution is -2.47. The molecular formula is C12H24F3IN4O3S. The van der Waals surface area contributed by atoms with Crippen molar-refractivity contribution in [2.24, 2.45) is 10.9 Å². The molecule has 0 bridgehead atoms. The number of aliphatic imine (C=N–C) groups is 1. The predicted molar refractivity (Wildman–Crippen MR) is 95.9 cm³/mol. The van der Waals surface area contributed by atoms with E-state index in [2.05, 4.69) is 15.6 Å². The van der Waals surface area contributed by atoms with Gasteiger partial charge >= 0.3 is 15.5 Å². The number of hydrogen-bond acceptors (Lipinski definition) is 4. The Bertz CT molecular complexity index is 494. The van der Waals surface area contributed by atoms with E-state index in [0.717, 1.165) is 0 Å². The van der Waals surface area contributed by atoms with Gasteiger partial charge in [-0.2, -0.15) is 17.5 Å². The summed E-state index contributed by atoms with van der Waals surface area (Å²) in [5, 5.41) is 6.10. The van der Waals surface area contributed by atoms with E-state index in [1.54, 1.807) is 14.2 Å². The molecular weight excluding hydrogens is 464 g/mol. The van der Waals surface area contributed by atoms with Gasteiger partial charge < -0.3 is 15.4 Å². The number of nitrogens with zero attached hydrogens (tertiary/aromatic N) is 2. The maximum atomic E-state index is 12.5. The summed E-state index contributed by atoms with van der Waals surface area (Å²) in [7, 11) is -2.02. The molecule has 0 aliphatic carbocycles. The van der Waals surface area contributed by atoms with Gasteiger partial charge in [0.1, 0.15) is 0 Å². The zero-order valence-corrected chi connectivity index (χ0v) is 16.7. The maximum absolute atomic E-state index is 12.5. The average Bonchev–Trinajstić information content (AvgIpc) is 2.50. The highest BCUT2D eigenvalue weighted by Crippen LogP contribution is 2.30. The van der Waals surface area contributed by atoms with Crippen molar-refractivity contribution in [3.63, 3.8) is 0 Å². The lowest BCUT2D eigenvalue weighted by molar-refractivity contribution is -0.0496. The van der Waals surface area contributed by atoms with Crippen LogP contribution in [0.5, 0.6) is 0 Å². The quantitative estimate of drug-likeness (QED) is 0.252. The summed E-state index contributed by atoms with van der Waals surface area (Å²) in [5.74, 6) is 0.669. The molecule has 1 fully saturated rings. The highest BCUT2D eigenvalue weighted by molar-refractivity contribution is 14.0. The van der Waals surface area contributed by atoms with Crippen LogP contribution in [0.2, 0.25) is 0 Å². The zero-order chi connectivity index (χ0) is 17.5. The molecule has 0 aromatic heterocycles. The smallest absolute Gasteiger partial charge is 0.383 e. The molecule has 0 aromatic rings. The molecule has 2 N–H and O–H groups in total. The summed E-state index contributed by atoms with van der Waals surface area (Å²) >= 11 is 0. The molecule has 0 radical (unpaired) electrons. The number of rotatable bonds is 6. The second-order valence-corrected chi connectivity index (χ2v) is 7.10. The topological polar surface area (TPSA) is 83.0 Å². The number of piperidine rings is 1. The van der Waals surface area contributed by atoms with Crippen molar-refractivity contribution >= 4 is 40.0 Å². The van der Waals surface area contributed by atoms with Gasteiger partial charge in [0.15, 0.2) is 5.96 Å². The summed E-state index contributed by atoms with van der Waals surface area (Å²) in [4.78, 5) is 4.01. The SMILES string of the molecule is CN=C(NCCOC)NCC1CCN(S(=O)(=O)C(F)(F)F)CC1.I. The molecule has 1 heterocycles. The Kier molecular flexibility index (Phi) is 10.5. The summed E-state index contributed by atoms with van der Waals surface area (Å²) in [6.07, 6.45) is 0.745. The predicted octanol–water partition coefficient (Wildman–Crippen LogP) is 0.977. The van der Waals surface area contributed by atoms with Crippen molar-refractivity contribution in [1.82, 2.24) is 14.9 Å². The van der Waals surface area contributed by atoms with Crippen LogP contribution in [-0.2, 0) is 14.8 Å². The van der Waals surface area contributed by atoms with Crippen LogP contribution < -0.4 is 10.6 Å². The van der Waals surface area contributed by atoms with Crippen molar-refractivity contribution < 1.29 is 26.3 Å². The van der Waals surface area contributed by atoms with Crippen molar-refractivity contribution in [3.05, 3.63) is 0 Å². The number of methoxy groups -OCH3 is 1. The second-order valence-electron chi connectivity index (χ2n) is 5.17. The van der Waals surface area contributed by atoms with Crippen molar-refractivity contribution in [2.45, 2.75) is 18.3 Å². The van der Waals surface area contributed by atoms with Crippen LogP contribution in [0.1, 0.15) is 12.8 Å². The number of alkyl halides is 3. The van der Waals surface area contributed by atoms with Crippen LogP contribution in [-0.4, -0.2) is 71.1 Å². The summed E-state index contributed by atoms with van der Waals surface area (Å²) in [5.41, 5.74) is -5.23. The number of sulfonamides is 1. The van der Waals surface area contributed by atoms with E-state index in [1.165, 1.54) is 0 Å². The Hall–Kier alpha value is -0.340. The highest BCUT2D eigenvalue weighted by atomic mass is 127. The van der Waals surface area contributed by atoms with Gasteiger partial charge in [0.25, 0.3) is 0 Å². The summed E-state index contributed by atoms with van der Waals surface area (Å²) in [6, 6.07) is 0. The molecule has 12 heteroatoms. The van der Waals surface area contributed by atoms with E-state index in [4.69, 9.17) is 4.74 Å². The van der Waals surface area contributed by atoms with Crippen LogP contribution in [0.15, 0.2) is 4.99 Å². The number of hydrogen-bond donors (Lipinski definition) is 2. The van der Waals surface area contributed by atoms with E-state index >= 15 is 0 Å². The van der Waals surface area contributed by atoms with Crippen LogP contribution in [0.3, 0.4) is 0 Å². The van der Waals surface area contributed by atoms with Crippen molar-refractivity contribution in [2.75, 3.05) is 46.9 Å². The summed E-state index contributed by atoms with van der Waals surface area (Å²) in [6.45, 7) is 1.38. The zero-order valence-electron chi connectivity index (χ0n) is 13.6. The molecule has 1 aliphatic heterocycles. The van der Waals surface area contributed by atoms with E-state index in [0.29, 0.717) is 42.8 Å². The first-order valence-electron chi connectivity index (χ1n) is 7.22. The molecule has 0 unspecified atom stereocenters.